The number of benzene rings is 3. The third kappa shape index (κ3) is 8.59. The van der Waals surface area contributed by atoms with Crippen LogP contribution in [0.1, 0.15) is 68.9 Å². The van der Waals surface area contributed by atoms with E-state index in [2.05, 4.69) is 10.6 Å². The molecule has 0 spiro atoms. The van der Waals surface area contributed by atoms with Gasteiger partial charge in [-0.25, -0.2) is 22.8 Å². The fraction of sp³-hybridized carbons (Fsp3) is 0.353. The van der Waals surface area contributed by atoms with Crippen molar-refractivity contribution in [3.05, 3.63) is 86.7 Å². The van der Waals surface area contributed by atoms with Crippen LogP contribution in [0.3, 0.4) is 0 Å². The van der Waals surface area contributed by atoms with E-state index >= 15 is 8.78 Å². The Morgan fingerprint density at radius 1 is 0.800 bits per heavy atom. The molecule has 1 saturated carbocycles. The molecule has 16 heteroatoms. The molecule has 0 aromatic heterocycles. The largest absolute Gasteiger partial charge is 0.443 e. The van der Waals surface area contributed by atoms with Crippen LogP contribution in [0, 0.1) is 30.3 Å². The zero-order valence-electron chi connectivity index (χ0n) is 27.7. The van der Waals surface area contributed by atoms with E-state index in [1.807, 2.05) is 0 Å². The van der Waals surface area contributed by atoms with E-state index in [1.165, 1.54) is 72.7 Å². The molecule has 0 saturated heterocycles. The van der Waals surface area contributed by atoms with Crippen molar-refractivity contribution in [1.82, 2.24) is 0 Å². The summed E-state index contributed by atoms with van der Waals surface area (Å²) in [4.78, 5) is 53.0. The van der Waals surface area contributed by atoms with Crippen molar-refractivity contribution >= 4 is 87.5 Å². The third-order valence-corrected chi connectivity index (χ3v) is 8.81. The molecule has 0 radical (unpaired) electrons. The molecule has 1 aliphatic rings. The Balaban J connectivity index is 1.63. The summed E-state index contributed by atoms with van der Waals surface area (Å²) >= 11 is 25.1. The van der Waals surface area contributed by atoms with E-state index in [0.717, 1.165) is 18.2 Å². The van der Waals surface area contributed by atoms with Gasteiger partial charge in [0.25, 0.3) is 5.91 Å². The first kappa shape index (κ1) is 39.1. The van der Waals surface area contributed by atoms with Crippen LogP contribution in [0.2, 0.25) is 10.0 Å². The summed E-state index contributed by atoms with van der Waals surface area (Å²) in [6, 6.07) is 8.07. The number of hydrogen-bond acceptors (Lipinski definition) is 6. The Kier molecular flexibility index (Phi) is 11.0. The number of carbonyl (C=O) groups excluding carboxylic acids is 4. The summed E-state index contributed by atoms with van der Waals surface area (Å²) in [5.41, 5.74) is -3.55. The van der Waals surface area contributed by atoms with Crippen molar-refractivity contribution in [1.29, 1.82) is 0 Å². The number of nitrogens with one attached hydrogen (secondary N) is 2. The number of alkyl halides is 2. The summed E-state index contributed by atoms with van der Waals surface area (Å²) in [5, 5.41) is 4.76. The fourth-order valence-electron chi connectivity index (χ4n) is 4.88. The number of amides is 4. The first-order chi connectivity index (χ1) is 22.9. The van der Waals surface area contributed by atoms with E-state index < -0.39 is 80.2 Å². The molecule has 4 amide bonds. The normalized spacial score (nSPS) is 16.7. The molecule has 2 unspecified atom stereocenters. The molecular weight excluding hydrogens is 745 g/mol. The Hall–Kier alpha value is -3.71. The molecule has 3 aromatic rings. The van der Waals surface area contributed by atoms with Gasteiger partial charge in [-0.05, 0) is 96.0 Å². The summed E-state index contributed by atoms with van der Waals surface area (Å²) in [5.74, 6) is -6.81. The van der Waals surface area contributed by atoms with Crippen LogP contribution in [-0.4, -0.2) is 39.5 Å². The molecular formula is C34H32Cl4F3N3O6. The zero-order chi connectivity index (χ0) is 37.7. The molecule has 0 heterocycles. The predicted octanol–water partition coefficient (Wildman–Crippen LogP) is 10.2. The minimum atomic E-state index is -1.55. The van der Waals surface area contributed by atoms with E-state index in [9.17, 15) is 23.6 Å². The van der Waals surface area contributed by atoms with E-state index in [-0.39, 0.29) is 31.8 Å². The smallest absolute Gasteiger partial charge is 0.424 e. The molecule has 0 aliphatic heterocycles. The van der Waals surface area contributed by atoms with Crippen LogP contribution in [0.25, 0.3) is 0 Å². The minimum Gasteiger partial charge on any atom is -0.443 e. The molecule has 1 fully saturated rings. The van der Waals surface area contributed by atoms with Crippen LogP contribution in [0.5, 0.6) is 0 Å². The highest BCUT2D eigenvalue weighted by atomic mass is 35.5. The molecule has 3 aromatic carbocycles. The van der Waals surface area contributed by atoms with Crippen molar-refractivity contribution in [2.45, 2.75) is 69.9 Å². The van der Waals surface area contributed by atoms with Crippen molar-refractivity contribution in [3.63, 3.8) is 0 Å². The second-order valence-electron chi connectivity index (χ2n) is 13.4. The lowest BCUT2D eigenvalue weighted by Crippen LogP contribution is -2.44. The van der Waals surface area contributed by atoms with Gasteiger partial charge in [0.2, 0.25) is 5.91 Å². The lowest BCUT2D eigenvalue weighted by atomic mass is 10.1. The van der Waals surface area contributed by atoms with Crippen LogP contribution in [0.15, 0.2) is 42.5 Å². The second kappa shape index (κ2) is 14.1. The zero-order valence-corrected chi connectivity index (χ0v) is 30.8. The van der Waals surface area contributed by atoms with E-state index in [4.69, 9.17) is 55.9 Å². The number of ether oxygens (including phenoxy) is 2. The maximum Gasteiger partial charge on any atom is 0.424 e. The van der Waals surface area contributed by atoms with Gasteiger partial charge in [-0.2, -0.15) is 4.90 Å². The van der Waals surface area contributed by atoms with Gasteiger partial charge in [0.1, 0.15) is 27.0 Å². The van der Waals surface area contributed by atoms with Gasteiger partial charge in [-0.15, -0.1) is 23.2 Å². The summed E-state index contributed by atoms with van der Waals surface area (Å²) in [6.45, 7) is 10.4. The summed E-state index contributed by atoms with van der Waals surface area (Å²) < 4.78 is 53.8. The Morgan fingerprint density at radius 2 is 1.36 bits per heavy atom. The Labute approximate surface area is 306 Å². The van der Waals surface area contributed by atoms with Crippen molar-refractivity contribution < 1.29 is 41.8 Å². The highest BCUT2D eigenvalue weighted by molar-refractivity contribution is 6.53. The number of anilines is 3. The van der Waals surface area contributed by atoms with Gasteiger partial charge in [0.05, 0.1) is 16.6 Å². The number of imide groups is 1. The van der Waals surface area contributed by atoms with E-state index in [0.29, 0.717) is 5.56 Å². The minimum absolute atomic E-state index is 0.0370. The van der Waals surface area contributed by atoms with Gasteiger partial charge in [-0.3, -0.25) is 9.59 Å². The predicted molar refractivity (Wildman–Crippen MR) is 186 cm³/mol. The molecule has 50 heavy (non-hydrogen) atoms. The molecule has 0 bridgehead atoms. The van der Waals surface area contributed by atoms with Gasteiger partial charge < -0.3 is 20.1 Å². The molecule has 1 aliphatic carbocycles. The van der Waals surface area contributed by atoms with Crippen LogP contribution >= 0.6 is 46.4 Å². The topological polar surface area (TPSA) is 114 Å². The second-order valence-corrected chi connectivity index (χ2v) is 15.7. The number of nitrogens with zero attached hydrogens (tertiary/aromatic N) is 1. The molecule has 2 atom stereocenters. The third-order valence-electron chi connectivity index (χ3n) is 7.19. The van der Waals surface area contributed by atoms with Crippen LogP contribution in [-0.2, 0) is 14.3 Å². The Morgan fingerprint density at radius 3 is 1.90 bits per heavy atom. The lowest BCUT2D eigenvalue weighted by Gasteiger charge is -2.29. The highest BCUT2D eigenvalue weighted by Crippen LogP contribution is 2.65. The lowest BCUT2D eigenvalue weighted by molar-refractivity contribution is -0.117. The number of halogens is 7. The SMILES string of the molecule is Cc1c(Cl)cc(NC(=O)C2C(c3ccc(F)c(Cl)c3)C2(Cl)Cl)cc1C(=O)Nc1ccc(F)c(N(C(=O)OC(C)(C)C)C(=O)OC(C)(C)C)c1F. The van der Waals surface area contributed by atoms with Gasteiger partial charge >= 0.3 is 12.2 Å². The monoisotopic (exact) mass is 775 g/mol. The van der Waals surface area contributed by atoms with Crippen molar-refractivity contribution in [2.24, 2.45) is 5.92 Å². The van der Waals surface area contributed by atoms with Gasteiger partial charge in [-0.1, -0.05) is 29.3 Å². The average Bonchev–Trinajstić information content (AvgIpc) is 3.55. The fourth-order valence-corrected chi connectivity index (χ4v) is 6.12. The van der Waals surface area contributed by atoms with Gasteiger partial charge in [0.15, 0.2) is 11.6 Å². The average molecular weight is 777 g/mol. The molecule has 268 valence electrons. The molecule has 2 N–H and O–H groups in total. The number of carbonyl (C=O) groups is 4. The summed E-state index contributed by atoms with van der Waals surface area (Å²) in [7, 11) is 0. The summed E-state index contributed by atoms with van der Waals surface area (Å²) in [6.07, 6.45) is -2.87. The Bertz CT molecular complexity index is 1870. The van der Waals surface area contributed by atoms with Crippen molar-refractivity contribution in [3.8, 4) is 0 Å². The van der Waals surface area contributed by atoms with Crippen LogP contribution in [0.4, 0.5) is 39.8 Å². The number of rotatable bonds is 6. The molecule has 4 rings (SSSR count). The number of hydrogen-bond donors (Lipinski definition) is 2. The maximum atomic E-state index is 16.0. The maximum absolute atomic E-state index is 16.0. The van der Waals surface area contributed by atoms with Gasteiger partial charge in [0, 0.05) is 22.2 Å². The van der Waals surface area contributed by atoms with Crippen LogP contribution < -0.4 is 15.5 Å². The first-order valence-electron chi connectivity index (χ1n) is 14.9. The molecule has 9 nitrogen and oxygen atoms in total. The van der Waals surface area contributed by atoms with Crippen molar-refractivity contribution in [2.75, 3.05) is 15.5 Å². The van der Waals surface area contributed by atoms with E-state index in [1.54, 1.807) is 0 Å². The standard InChI is InChI=1S/C34H32Cl4F3N3O6/c1-15-18(13-17(14-19(15)35)42-29(46)25-24(34(25,37)38)16-8-9-21(39)20(36)12-16)28(45)43-23-11-10-22(40)27(26(23)41)44(30(47)49-32(2,3)4)31(48)50-33(5,6)7/h8-14,24-25H,1-7H3,(H,42,46)(H,43,45). The highest BCUT2D eigenvalue weighted by Gasteiger charge is 2.67. The quantitative estimate of drug-likeness (QED) is 0.241. The first-order valence-corrected chi connectivity index (χ1v) is 16.4.